The minimum Gasteiger partial charge on any atom is -0.480 e. The van der Waals surface area contributed by atoms with E-state index in [1.165, 1.54) is 4.90 Å². The first kappa shape index (κ1) is 14.8. The molecule has 1 fully saturated rings. The van der Waals surface area contributed by atoms with Crippen molar-refractivity contribution in [2.45, 2.75) is 46.1 Å². The van der Waals surface area contributed by atoms with Crippen LogP contribution in [0.4, 0.5) is 4.79 Å². The molecule has 0 aromatic rings. The summed E-state index contributed by atoms with van der Waals surface area (Å²) in [6.45, 7) is 8.03. The van der Waals surface area contributed by atoms with Gasteiger partial charge < -0.3 is 14.9 Å². The lowest BCUT2D eigenvalue weighted by Gasteiger charge is -2.31. The smallest absolute Gasteiger partial charge is 0.326 e. The van der Waals surface area contributed by atoms with Gasteiger partial charge in [0.1, 0.15) is 6.04 Å². The fourth-order valence-electron chi connectivity index (χ4n) is 2.28. The highest BCUT2D eigenvalue weighted by Gasteiger charge is 2.35. The van der Waals surface area contributed by atoms with Crippen LogP contribution >= 0.6 is 0 Å². The second-order valence-electron chi connectivity index (χ2n) is 5.02. The normalized spacial score (nSPS) is 20.8. The van der Waals surface area contributed by atoms with Crippen molar-refractivity contribution in [3.63, 3.8) is 0 Å². The van der Waals surface area contributed by atoms with Crippen LogP contribution in [0, 0.1) is 5.92 Å². The molecule has 1 heterocycles. The molecule has 18 heavy (non-hydrogen) atoms. The van der Waals surface area contributed by atoms with Gasteiger partial charge in [0.2, 0.25) is 0 Å². The van der Waals surface area contributed by atoms with E-state index < -0.39 is 12.0 Å². The second-order valence-corrected chi connectivity index (χ2v) is 5.02. The number of aliphatic carboxylic acids is 1. The molecule has 5 nitrogen and oxygen atoms in total. The number of hydrogen-bond acceptors (Lipinski definition) is 2. The minimum atomic E-state index is -0.888. The van der Waals surface area contributed by atoms with E-state index in [9.17, 15) is 9.59 Å². The van der Waals surface area contributed by atoms with Gasteiger partial charge in [-0.1, -0.05) is 20.3 Å². The molecule has 104 valence electrons. The number of likely N-dealkylation sites (tertiary alicyclic amines) is 1. The Morgan fingerprint density at radius 3 is 2.61 bits per heavy atom. The van der Waals surface area contributed by atoms with Gasteiger partial charge in [-0.3, -0.25) is 0 Å². The van der Waals surface area contributed by atoms with Gasteiger partial charge in [-0.25, -0.2) is 9.59 Å². The molecular weight excluding hydrogens is 232 g/mol. The van der Waals surface area contributed by atoms with E-state index in [2.05, 4.69) is 13.8 Å². The van der Waals surface area contributed by atoms with Crippen molar-refractivity contribution >= 4 is 12.0 Å². The number of carbonyl (C=O) groups is 2. The van der Waals surface area contributed by atoms with Crippen LogP contribution in [0.5, 0.6) is 0 Å². The van der Waals surface area contributed by atoms with Gasteiger partial charge in [-0.05, 0) is 25.7 Å². The molecule has 0 aromatic heterocycles. The molecule has 2 amide bonds. The van der Waals surface area contributed by atoms with E-state index in [0.29, 0.717) is 32.0 Å². The summed E-state index contributed by atoms with van der Waals surface area (Å²) in [5.74, 6) is -0.444. The molecule has 0 aliphatic carbocycles. The minimum absolute atomic E-state index is 0.122. The van der Waals surface area contributed by atoms with Gasteiger partial charge >= 0.3 is 12.0 Å². The molecule has 0 bridgehead atoms. The number of carboxylic acid groups (broad SMARTS) is 1. The van der Waals surface area contributed by atoms with Crippen LogP contribution in [0.3, 0.4) is 0 Å². The number of carbonyl (C=O) groups excluding carboxylic acids is 1. The Hall–Kier alpha value is -1.26. The first-order valence-electron chi connectivity index (χ1n) is 6.79. The fourth-order valence-corrected chi connectivity index (χ4v) is 2.28. The molecule has 1 aliphatic heterocycles. The summed E-state index contributed by atoms with van der Waals surface area (Å²) in [5.41, 5.74) is 0. The van der Waals surface area contributed by atoms with Crippen molar-refractivity contribution in [1.29, 1.82) is 0 Å². The summed E-state index contributed by atoms with van der Waals surface area (Å²) in [5, 5.41) is 9.10. The maximum absolute atomic E-state index is 12.3. The van der Waals surface area contributed by atoms with E-state index in [0.717, 1.165) is 12.8 Å². The number of nitrogens with zero attached hydrogens (tertiary/aromatic N) is 2. The summed E-state index contributed by atoms with van der Waals surface area (Å²) in [4.78, 5) is 26.7. The topological polar surface area (TPSA) is 60.9 Å². The monoisotopic (exact) mass is 256 g/mol. The van der Waals surface area contributed by atoms with E-state index >= 15 is 0 Å². The molecule has 1 aliphatic rings. The van der Waals surface area contributed by atoms with Crippen molar-refractivity contribution < 1.29 is 14.7 Å². The number of hydrogen-bond donors (Lipinski definition) is 1. The molecule has 5 heteroatoms. The lowest BCUT2D eigenvalue weighted by atomic mass is 10.1. The molecule has 0 spiro atoms. The van der Waals surface area contributed by atoms with Crippen molar-refractivity contribution in [2.75, 3.05) is 19.6 Å². The van der Waals surface area contributed by atoms with Gasteiger partial charge in [0, 0.05) is 19.6 Å². The van der Waals surface area contributed by atoms with E-state index in [1.54, 1.807) is 4.90 Å². The highest BCUT2D eigenvalue weighted by Crippen LogP contribution is 2.20. The third-order valence-corrected chi connectivity index (χ3v) is 3.66. The molecule has 1 saturated heterocycles. The molecule has 0 saturated carbocycles. The van der Waals surface area contributed by atoms with E-state index in [1.807, 2.05) is 6.92 Å². The lowest BCUT2D eigenvalue weighted by Crippen LogP contribution is -2.49. The third-order valence-electron chi connectivity index (χ3n) is 3.66. The van der Waals surface area contributed by atoms with Crippen LogP contribution in [0.25, 0.3) is 0 Å². The van der Waals surface area contributed by atoms with Crippen LogP contribution in [-0.2, 0) is 4.79 Å². The average molecular weight is 256 g/mol. The first-order valence-corrected chi connectivity index (χ1v) is 6.79. The highest BCUT2D eigenvalue weighted by atomic mass is 16.4. The zero-order valence-corrected chi connectivity index (χ0v) is 11.6. The first-order chi connectivity index (χ1) is 8.51. The van der Waals surface area contributed by atoms with Crippen molar-refractivity contribution in [3.05, 3.63) is 0 Å². The lowest BCUT2D eigenvalue weighted by molar-refractivity contribution is -0.141. The van der Waals surface area contributed by atoms with Gasteiger partial charge in [0.15, 0.2) is 0 Å². The number of rotatable bonds is 5. The Bertz CT molecular complexity index is 307. The van der Waals surface area contributed by atoms with Crippen molar-refractivity contribution in [2.24, 2.45) is 5.92 Å². The summed E-state index contributed by atoms with van der Waals surface area (Å²) in [7, 11) is 0. The molecule has 2 atom stereocenters. The number of urea groups is 1. The summed E-state index contributed by atoms with van der Waals surface area (Å²) >= 11 is 0. The Balaban J connectivity index is 2.68. The molecular formula is C13H24N2O3. The van der Waals surface area contributed by atoms with Crippen LogP contribution < -0.4 is 0 Å². The molecule has 1 unspecified atom stereocenters. The van der Waals surface area contributed by atoms with E-state index in [4.69, 9.17) is 5.11 Å². The Morgan fingerprint density at radius 1 is 1.44 bits per heavy atom. The van der Waals surface area contributed by atoms with Crippen LogP contribution in [0.2, 0.25) is 0 Å². The van der Waals surface area contributed by atoms with Gasteiger partial charge in [-0.2, -0.15) is 0 Å². The molecule has 1 N–H and O–H groups in total. The predicted octanol–water partition coefficient (Wildman–Crippen LogP) is 2.02. The standard InChI is InChI=1S/C13H24N2O3/c1-4-10(3)9-14(5-2)13(18)15-8-6-7-11(15)12(16)17/h10-11H,4-9H2,1-3H3,(H,16,17)/t10?,11-/m0/s1. The summed E-state index contributed by atoms with van der Waals surface area (Å²) in [6.07, 6.45) is 2.37. The van der Waals surface area contributed by atoms with E-state index in [-0.39, 0.29) is 6.03 Å². The second kappa shape index (κ2) is 6.61. The number of carboxylic acids is 1. The maximum atomic E-state index is 12.3. The van der Waals surface area contributed by atoms with Crippen molar-refractivity contribution in [1.82, 2.24) is 9.80 Å². The third kappa shape index (κ3) is 3.37. The Kier molecular flexibility index (Phi) is 5.44. The van der Waals surface area contributed by atoms with Gasteiger partial charge in [0.05, 0.1) is 0 Å². The Labute approximate surface area is 109 Å². The molecule has 0 aromatic carbocycles. The fraction of sp³-hybridized carbons (Fsp3) is 0.846. The molecule has 1 rings (SSSR count). The van der Waals surface area contributed by atoms with Crippen molar-refractivity contribution in [3.8, 4) is 0 Å². The van der Waals surface area contributed by atoms with Crippen LogP contribution in [0.1, 0.15) is 40.0 Å². The summed E-state index contributed by atoms with van der Waals surface area (Å²) < 4.78 is 0. The largest absolute Gasteiger partial charge is 0.480 e. The Morgan fingerprint density at radius 2 is 2.11 bits per heavy atom. The SMILES string of the molecule is CCC(C)CN(CC)C(=O)N1CCC[C@H]1C(=O)O. The highest BCUT2D eigenvalue weighted by molar-refractivity contribution is 5.83. The zero-order chi connectivity index (χ0) is 13.7. The quantitative estimate of drug-likeness (QED) is 0.818. The van der Waals surface area contributed by atoms with Gasteiger partial charge in [0.25, 0.3) is 0 Å². The average Bonchev–Trinajstić information content (AvgIpc) is 2.83. The van der Waals surface area contributed by atoms with Crippen LogP contribution in [0.15, 0.2) is 0 Å². The van der Waals surface area contributed by atoms with Crippen LogP contribution in [-0.4, -0.2) is 52.6 Å². The maximum Gasteiger partial charge on any atom is 0.326 e. The predicted molar refractivity (Wildman–Crippen MR) is 69.5 cm³/mol. The molecule has 0 radical (unpaired) electrons. The summed E-state index contributed by atoms with van der Waals surface area (Å²) in [6, 6.07) is -0.758. The van der Waals surface area contributed by atoms with Gasteiger partial charge in [-0.15, -0.1) is 0 Å². The number of amides is 2. The zero-order valence-electron chi connectivity index (χ0n) is 11.6.